The molecule has 0 aliphatic carbocycles. The van der Waals surface area contributed by atoms with E-state index in [1.165, 1.54) is 17.7 Å². The zero-order valence-corrected chi connectivity index (χ0v) is 12.0. The highest BCUT2D eigenvalue weighted by molar-refractivity contribution is 7.09. The summed E-state index contributed by atoms with van der Waals surface area (Å²) in [6, 6.07) is 5.43. The number of nitrogens with one attached hydrogen (secondary N) is 1. The Morgan fingerprint density at radius 3 is 2.84 bits per heavy atom. The summed E-state index contributed by atoms with van der Waals surface area (Å²) in [5.41, 5.74) is 0. The second kappa shape index (κ2) is 6.06. The lowest BCUT2D eigenvalue weighted by molar-refractivity contribution is -0.144. The van der Waals surface area contributed by atoms with E-state index in [-0.39, 0.29) is 5.97 Å². The molecule has 1 N–H and O–H groups in total. The van der Waals surface area contributed by atoms with Crippen LogP contribution in [0.4, 0.5) is 0 Å². The third-order valence-electron chi connectivity index (χ3n) is 4.22. The Bertz CT molecular complexity index is 406. The lowest BCUT2D eigenvalue weighted by Gasteiger charge is -2.28. The minimum Gasteiger partial charge on any atom is -0.465 e. The zero-order valence-electron chi connectivity index (χ0n) is 11.1. The van der Waals surface area contributed by atoms with Gasteiger partial charge in [-0.15, -0.1) is 11.3 Å². The number of fused-ring (bicyclic) bond motifs is 2. The molecule has 1 aromatic heterocycles. The van der Waals surface area contributed by atoms with Crippen LogP contribution in [0.1, 0.15) is 37.0 Å². The highest BCUT2D eigenvalue weighted by Gasteiger charge is 2.34. The normalized spacial score (nSPS) is 29.4. The molecule has 0 saturated carbocycles. The molecule has 3 nitrogen and oxygen atoms in total. The molecule has 0 radical (unpaired) electrons. The predicted molar refractivity (Wildman–Crippen MR) is 76.3 cm³/mol. The van der Waals surface area contributed by atoms with Crippen LogP contribution in [0.2, 0.25) is 0 Å². The van der Waals surface area contributed by atoms with Crippen LogP contribution in [0, 0.1) is 5.92 Å². The third kappa shape index (κ3) is 3.57. The molecule has 3 heterocycles. The average Bonchev–Trinajstić information content (AvgIpc) is 2.99. The predicted octanol–water partition coefficient (Wildman–Crippen LogP) is 2.75. The number of carbonyl (C=O) groups is 1. The molecule has 2 saturated heterocycles. The van der Waals surface area contributed by atoms with Crippen LogP contribution in [0.5, 0.6) is 0 Å². The fraction of sp³-hybridized carbons (Fsp3) is 0.667. The summed E-state index contributed by atoms with van der Waals surface area (Å²) < 4.78 is 5.36. The molecule has 2 aliphatic heterocycles. The van der Waals surface area contributed by atoms with Crippen LogP contribution < -0.4 is 5.32 Å². The Hall–Kier alpha value is -0.870. The van der Waals surface area contributed by atoms with Gasteiger partial charge in [0.1, 0.15) is 0 Å². The molecule has 1 aromatic rings. The van der Waals surface area contributed by atoms with Crippen molar-refractivity contribution >= 4 is 17.3 Å². The molecule has 0 amide bonds. The average molecular weight is 279 g/mol. The molecular formula is C15H21NO2S. The van der Waals surface area contributed by atoms with E-state index >= 15 is 0 Å². The second-order valence-electron chi connectivity index (χ2n) is 5.73. The van der Waals surface area contributed by atoms with Crippen LogP contribution in [0.15, 0.2) is 17.5 Å². The Labute approximate surface area is 118 Å². The van der Waals surface area contributed by atoms with Crippen molar-refractivity contribution < 1.29 is 9.53 Å². The lowest BCUT2D eigenvalue weighted by atomic mass is 9.90. The molecule has 104 valence electrons. The van der Waals surface area contributed by atoms with Gasteiger partial charge in [-0.3, -0.25) is 4.79 Å². The molecule has 0 spiro atoms. The summed E-state index contributed by atoms with van der Waals surface area (Å²) in [7, 11) is 0. The van der Waals surface area contributed by atoms with E-state index in [0.29, 0.717) is 31.0 Å². The first-order chi connectivity index (χ1) is 9.29. The van der Waals surface area contributed by atoms with E-state index in [1.54, 1.807) is 11.3 Å². The first-order valence-electron chi connectivity index (χ1n) is 7.23. The smallest absolute Gasteiger partial charge is 0.306 e. The van der Waals surface area contributed by atoms with Crippen molar-refractivity contribution in [3.05, 3.63) is 22.4 Å². The first kappa shape index (κ1) is 13.1. The van der Waals surface area contributed by atoms with Crippen LogP contribution in [0.25, 0.3) is 0 Å². The van der Waals surface area contributed by atoms with E-state index in [0.717, 1.165) is 19.3 Å². The summed E-state index contributed by atoms with van der Waals surface area (Å²) in [5, 5.41) is 5.66. The Balaban J connectivity index is 1.37. The summed E-state index contributed by atoms with van der Waals surface area (Å²) in [5.74, 6) is 0.524. The Morgan fingerprint density at radius 1 is 1.37 bits per heavy atom. The lowest BCUT2D eigenvalue weighted by Crippen LogP contribution is -2.38. The van der Waals surface area contributed by atoms with Crippen molar-refractivity contribution in [1.82, 2.24) is 5.32 Å². The molecule has 2 fully saturated rings. The molecule has 2 aliphatic rings. The van der Waals surface area contributed by atoms with Gasteiger partial charge in [-0.2, -0.15) is 0 Å². The topological polar surface area (TPSA) is 38.3 Å². The largest absolute Gasteiger partial charge is 0.465 e. The number of rotatable bonds is 5. The maximum atomic E-state index is 11.8. The fourth-order valence-corrected chi connectivity index (χ4v) is 4.05. The number of piperidine rings is 1. The Morgan fingerprint density at radius 2 is 2.16 bits per heavy atom. The summed E-state index contributed by atoms with van der Waals surface area (Å²) in [6.07, 6.45) is 6.33. The molecule has 19 heavy (non-hydrogen) atoms. The molecule has 2 atom stereocenters. The highest BCUT2D eigenvalue weighted by atomic mass is 32.1. The van der Waals surface area contributed by atoms with E-state index in [1.807, 2.05) is 6.07 Å². The van der Waals surface area contributed by atoms with Gasteiger partial charge in [-0.05, 0) is 43.0 Å². The van der Waals surface area contributed by atoms with Gasteiger partial charge in [-0.25, -0.2) is 0 Å². The second-order valence-corrected chi connectivity index (χ2v) is 6.76. The minimum atomic E-state index is -0.0112. The number of ether oxygens (including phenoxy) is 1. The van der Waals surface area contributed by atoms with Gasteiger partial charge in [0.2, 0.25) is 0 Å². The van der Waals surface area contributed by atoms with Crippen molar-refractivity contribution in [2.75, 3.05) is 6.61 Å². The van der Waals surface area contributed by atoms with E-state index in [2.05, 4.69) is 16.8 Å². The minimum absolute atomic E-state index is 0.0112. The molecular weight excluding hydrogens is 258 g/mol. The van der Waals surface area contributed by atoms with Gasteiger partial charge in [0.25, 0.3) is 0 Å². The van der Waals surface area contributed by atoms with Gasteiger partial charge < -0.3 is 10.1 Å². The van der Waals surface area contributed by atoms with Crippen molar-refractivity contribution in [2.24, 2.45) is 5.92 Å². The maximum Gasteiger partial charge on any atom is 0.306 e. The highest BCUT2D eigenvalue weighted by Crippen LogP contribution is 2.32. The van der Waals surface area contributed by atoms with Gasteiger partial charge in [0, 0.05) is 29.8 Å². The molecule has 4 heteroatoms. The van der Waals surface area contributed by atoms with Crippen molar-refractivity contribution in [3.63, 3.8) is 0 Å². The number of hydrogen-bond donors (Lipinski definition) is 1. The van der Waals surface area contributed by atoms with E-state index < -0.39 is 0 Å². The third-order valence-corrected chi connectivity index (χ3v) is 5.15. The number of hydrogen-bond acceptors (Lipinski definition) is 4. The van der Waals surface area contributed by atoms with Crippen LogP contribution in [-0.4, -0.2) is 24.7 Å². The van der Waals surface area contributed by atoms with Crippen LogP contribution in [-0.2, 0) is 16.0 Å². The Kier molecular flexibility index (Phi) is 4.18. The molecule has 3 rings (SSSR count). The monoisotopic (exact) mass is 279 g/mol. The van der Waals surface area contributed by atoms with Gasteiger partial charge in [0.05, 0.1) is 6.61 Å². The van der Waals surface area contributed by atoms with Crippen LogP contribution in [0.3, 0.4) is 0 Å². The van der Waals surface area contributed by atoms with Crippen molar-refractivity contribution in [3.8, 4) is 0 Å². The standard InChI is InChI=1S/C15H21NO2S/c17-15(18-6-5-14-2-1-7-19-14)10-11-8-12-3-4-13(9-11)16-12/h1-2,7,11-13,16H,3-6,8-10H2. The number of thiophene rings is 1. The summed E-state index contributed by atoms with van der Waals surface area (Å²) >= 11 is 1.72. The quantitative estimate of drug-likeness (QED) is 0.842. The van der Waals surface area contributed by atoms with Gasteiger partial charge >= 0.3 is 5.97 Å². The first-order valence-corrected chi connectivity index (χ1v) is 8.11. The maximum absolute atomic E-state index is 11.8. The summed E-state index contributed by atoms with van der Waals surface area (Å²) in [6.45, 7) is 0.525. The molecule has 2 bridgehead atoms. The number of esters is 1. The van der Waals surface area contributed by atoms with Crippen molar-refractivity contribution in [1.29, 1.82) is 0 Å². The van der Waals surface area contributed by atoms with Crippen molar-refractivity contribution in [2.45, 2.75) is 50.6 Å². The fourth-order valence-electron chi connectivity index (χ4n) is 3.36. The molecule has 0 aromatic carbocycles. The number of carbonyl (C=O) groups excluding carboxylic acids is 1. The summed E-state index contributed by atoms with van der Waals surface area (Å²) in [4.78, 5) is 13.1. The van der Waals surface area contributed by atoms with E-state index in [9.17, 15) is 4.79 Å². The zero-order chi connectivity index (χ0) is 13.1. The molecule has 2 unspecified atom stereocenters. The van der Waals surface area contributed by atoms with Gasteiger partial charge in [-0.1, -0.05) is 6.07 Å². The SMILES string of the molecule is O=C(CC1CC2CCC(C1)N2)OCCc1cccs1. The van der Waals surface area contributed by atoms with Gasteiger partial charge in [0.15, 0.2) is 0 Å². The van der Waals surface area contributed by atoms with Crippen LogP contribution >= 0.6 is 11.3 Å². The van der Waals surface area contributed by atoms with E-state index in [4.69, 9.17) is 4.74 Å².